The van der Waals surface area contributed by atoms with Gasteiger partial charge < -0.3 is 9.47 Å². The lowest BCUT2D eigenvalue weighted by Crippen LogP contribution is -2.67. The number of halogens is 1. The summed E-state index contributed by atoms with van der Waals surface area (Å²) < 4.78 is 28.0. The van der Waals surface area contributed by atoms with Crippen LogP contribution in [0.4, 0.5) is 4.39 Å². The minimum atomic E-state index is -1.91. The summed E-state index contributed by atoms with van der Waals surface area (Å²) in [5.74, 6) is -2.23. The van der Waals surface area contributed by atoms with Crippen molar-refractivity contribution < 1.29 is 33.0 Å². The number of hydrogen-bond acceptors (Lipinski definition) is 6. The van der Waals surface area contributed by atoms with E-state index in [1.54, 1.807) is 13.0 Å². The first-order valence-electron chi connectivity index (χ1n) is 11.1. The van der Waals surface area contributed by atoms with E-state index in [1.165, 1.54) is 26.0 Å². The first-order valence-corrected chi connectivity index (χ1v) is 11.1. The van der Waals surface area contributed by atoms with Crippen molar-refractivity contribution in [1.82, 2.24) is 0 Å². The number of allylic oxidation sites excluding steroid dienone is 5. The Hall–Kier alpha value is -2.57. The molecular weight excluding hydrogens is 415 g/mol. The lowest BCUT2D eigenvalue weighted by atomic mass is 9.45. The van der Waals surface area contributed by atoms with Gasteiger partial charge in [0.25, 0.3) is 0 Å². The van der Waals surface area contributed by atoms with Gasteiger partial charge in [-0.15, -0.1) is 0 Å². The third-order valence-corrected chi connectivity index (χ3v) is 8.21. The summed E-state index contributed by atoms with van der Waals surface area (Å²) in [5, 5.41) is 0. The van der Waals surface area contributed by atoms with Crippen molar-refractivity contribution in [2.75, 3.05) is 6.61 Å². The monoisotopic (exact) mass is 444 g/mol. The van der Waals surface area contributed by atoms with Crippen LogP contribution in [0.2, 0.25) is 0 Å². The van der Waals surface area contributed by atoms with Crippen LogP contribution in [-0.2, 0) is 28.7 Å². The molecule has 0 radical (unpaired) electrons. The highest BCUT2D eigenvalue weighted by Gasteiger charge is 2.71. The standard InChI is InChI=1S/C25H29FO6/c1-14(27)31-13-21(30)20-8-7-18-19-6-5-16-11-17(29)9-10-24(16,4)25(19,26)22(32-15(2)28)12-23(18,20)3/h8-11,18-19,22H,5-7,12-13H2,1-4H3/t18-,19-,22+,23+,24+,25-/m1/s1. The van der Waals surface area contributed by atoms with Crippen molar-refractivity contribution in [2.45, 2.75) is 65.2 Å². The van der Waals surface area contributed by atoms with Gasteiger partial charge in [0.2, 0.25) is 0 Å². The van der Waals surface area contributed by atoms with Gasteiger partial charge in [0.05, 0.1) is 0 Å². The maximum Gasteiger partial charge on any atom is 0.303 e. The molecule has 4 aliphatic carbocycles. The summed E-state index contributed by atoms with van der Waals surface area (Å²) in [4.78, 5) is 48.1. The van der Waals surface area contributed by atoms with E-state index in [0.29, 0.717) is 24.8 Å². The van der Waals surface area contributed by atoms with Crippen LogP contribution in [0.5, 0.6) is 0 Å². The van der Waals surface area contributed by atoms with Gasteiger partial charge in [-0.3, -0.25) is 19.2 Å². The summed E-state index contributed by atoms with van der Waals surface area (Å²) in [6.45, 7) is 5.84. The Morgan fingerprint density at radius 2 is 1.88 bits per heavy atom. The van der Waals surface area contributed by atoms with Crippen molar-refractivity contribution in [1.29, 1.82) is 0 Å². The van der Waals surface area contributed by atoms with E-state index < -0.39 is 40.5 Å². The molecule has 0 saturated heterocycles. The second-order valence-corrected chi connectivity index (χ2v) is 9.90. The Morgan fingerprint density at radius 3 is 2.53 bits per heavy atom. The molecule has 0 aliphatic heterocycles. The molecule has 0 aromatic carbocycles. The Morgan fingerprint density at radius 1 is 1.16 bits per heavy atom. The van der Waals surface area contributed by atoms with Gasteiger partial charge in [-0.1, -0.05) is 24.6 Å². The average Bonchev–Trinajstić information content (AvgIpc) is 3.04. The normalized spacial score (nSPS) is 39.8. The summed E-state index contributed by atoms with van der Waals surface area (Å²) in [6.07, 6.45) is 7.03. The quantitative estimate of drug-likeness (QED) is 0.616. The van der Waals surface area contributed by atoms with Crippen LogP contribution >= 0.6 is 0 Å². The average molecular weight is 444 g/mol. The molecular formula is C25H29FO6. The topological polar surface area (TPSA) is 86.7 Å². The zero-order valence-electron chi connectivity index (χ0n) is 18.9. The van der Waals surface area contributed by atoms with Gasteiger partial charge in [0.15, 0.2) is 23.8 Å². The van der Waals surface area contributed by atoms with E-state index in [-0.39, 0.29) is 30.5 Å². The van der Waals surface area contributed by atoms with E-state index >= 15 is 4.39 Å². The van der Waals surface area contributed by atoms with Gasteiger partial charge in [-0.05, 0) is 50.7 Å². The summed E-state index contributed by atoms with van der Waals surface area (Å²) in [7, 11) is 0. The van der Waals surface area contributed by atoms with E-state index in [9.17, 15) is 19.2 Å². The molecule has 0 heterocycles. The highest BCUT2D eigenvalue weighted by molar-refractivity contribution is 6.01. The van der Waals surface area contributed by atoms with E-state index in [0.717, 1.165) is 5.57 Å². The minimum absolute atomic E-state index is 0.145. The highest BCUT2D eigenvalue weighted by atomic mass is 19.1. The van der Waals surface area contributed by atoms with Crippen molar-refractivity contribution in [2.24, 2.45) is 22.7 Å². The van der Waals surface area contributed by atoms with E-state index in [2.05, 4.69) is 0 Å². The number of esters is 2. The Labute approximate surface area is 186 Å². The van der Waals surface area contributed by atoms with Crippen LogP contribution in [-0.4, -0.2) is 41.9 Å². The number of ketones is 2. The Bertz CT molecular complexity index is 992. The third kappa shape index (κ3) is 3.11. The van der Waals surface area contributed by atoms with E-state index in [1.807, 2.05) is 13.0 Å². The van der Waals surface area contributed by atoms with Gasteiger partial charge in [-0.25, -0.2) is 4.39 Å². The first-order chi connectivity index (χ1) is 14.9. The summed E-state index contributed by atoms with van der Waals surface area (Å²) >= 11 is 0. The Balaban J connectivity index is 1.76. The number of fused-ring (bicyclic) bond motifs is 5. The molecule has 32 heavy (non-hydrogen) atoms. The number of rotatable bonds is 4. The lowest BCUT2D eigenvalue weighted by Gasteiger charge is -2.62. The molecule has 4 aliphatic rings. The molecule has 2 fully saturated rings. The molecule has 0 unspecified atom stereocenters. The molecule has 172 valence electrons. The molecule has 0 bridgehead atoms. The van der Waals surface area contributed by atoms with Crippen LogP contribution in [0, 0.1) is 22.7 Å². The van der Waals surface area contributed by atoms with Crippen molar-refractivity contribution >= 4 is 23.5 Å². The van der Waals surface area contributed by atoms with Crippen LogP contribution in [0.25, 0.3) is 0 Å². The van der Waals surface area contributed by atoms with Crippen LogP contribution in [0.1, 0.15) is 53.4 Å². The Kier molecular flexibility index (Phi) is 5.30. The maximum atomic E-state index is 17.4. The molecule has 7 heteroatoms. The van der Waals surface area contributed by atoms with Crippen LogP contribution in [0.3, 0.4) is 0 Å². The fourth-order valence-electron chi connectivity index (χ4n) is 6.75. The molecule has 2 saturated carbocycles. The van der Waals surface area contributed by atoms with Crippen molar-refractivity contribution in [3.8, 4) is 0 Å². The third-order valence-electron chi connectivity index (χ3n) is 8.21. The number of carbonyl (C=O) groups is 4. The van der Waals surface area contributed by atoms with Crippen molar-refractivity contribution in [3.05, 3.63) is 35.5 Å². The zero-order valence-corrected chi connectivity index (χ0v) is 18.9. The molecule has 4 rings (SSSR count). The second kappa shape index (κ2) is 7.49. The second-order valence-electron chi connectivity index (χ2n) is 9.90. The lowest BCUT2D eigenvalue weighted by molar-refractivity contribution is -0.206. The molecule has 0 spiro atoms. The SMILES string of the molecule is CC(=O)OCC(=O)C1=CC[C@@H]2[C@H]3CCC4=CC(=O)C=C[C@]4(C)[C@]3(F)[C@@H](OC(C)=O)C[C@]12C. The van der Waals surface area contributed by atoms with Crippen molar-refractivity contribution in [3.63, 3.8) is 0 Å². The molecule has 0 N–H and O–H groups in total. The smallest absolute Gasteiger partial charge is 0.303 e. The molecule has 0 amide bonds. The van der Waals surface area contributed by atoms with Crippen LogP contribution in [0.15, 0.2) is 35.5 Å². The fraction of sp³-hybridized carbons (Fsp3) is 0.600. The summed E-state index contributed by atoms with van der Waals surface area (Å²) in [5.41, 5.74) is -2.45. The van der Waals surface area contributed by atoms with Crippen LogP contribution < -0.4 is 0 Å². The minimum Gasteiger partial charge on any atom is -0.459 e. The number of hydrogen-bond donors (Lipinski definition) is 0. The number of Topliss-reactive ketones (excluding diaryl/α,β-unsaturated/α-hetero) is 1. The van der Waals surface area contributed by atoms with Gasteiger partial charge >= 0.3 is 11.9 Å². The molecule has 6 atom stereocenters. The summed E-state index contributed by atoms with van der Waals surface area (Å²) in [6, 6.07) is 0. The molecule has 0 aromatic heterocycles. The predicted octanol–water partition coefficient (Wildman–Crippen LogP) is 3.60. The van der Waals surface area contributed by atoms with E-state index in [4.69, 9.17) is 9.47 Å². The molecule has 6 nitrogen and oxygen atoms in total. The maximum absolute atomic E-state index is 17.4. The number of alkyl halides is 1. The van der Waals surface area contributed by atoms with Gasteiger partial charge in [0, 0.05) is 36.2 Å². The first kappa shape index (κ1) is 22.6. The van der Waals surface area contributed by atoms with Gasteiger partial charge in [-0.2, -0.15) is 0 Å². The number of carbonyl (C=O) groups excluding carboxylic acids is 4. The highest BCUT2D eigenvalue weighted by Crippen LogP contribution is 2.68. The fourth-order valence-corrected chi connectivity index (χ4v) is 6.75. The predicted molar refractivity (Wildman–Crippen MR) is 113 cm³/mol. The van der Waals surface area contributed by atoms with Gasteiger partial charge in [0.1, 0.15) is 6.10 Å². The molecule has 0 aromatic rings. The zero-order chi connectivity index (χ0) is 23.5. The number of ether oxygens (including phenoxy) is 2. The largest absolute Gasteiger partial charge is 0.459 e.